The molecule has 8 N–H and O–H groups in total. The normalized spacial score (nSPS) is 14.8. The molecule has 0 radical (unpaired) electrons. The highest BCUT2D eigenvalue weighted by Gasteiger charge is 2.44. The lowest BCUT2D eigenvalue weighted by molar-refractivity contribution is -0.142. The van der Waals surface area contributed by atoms with Gasteiger partial charge < -0.3 is 31.1 Å². The van der Waals surface area contributed by atoms with Gasteiger partial charge in [-0.1, -0.05) is 9.24 Å². The van der Waals surface area contributed by atoms with Crippen LogP contribution in [0.15, 0.2) is 38.7 Å². The molecule has 1 fully saturated rings. The number of aliphatic carboxylic acids is 1. The number of carbonyl (C=O) groups is 5. The monoisotopic (exact) mass is 655 g/mol. The SMILES string of the molecule is Nc1nc(C(=NOCC(=O)O)C(=O)NC2CN(C(=O)NS(=O)(=O)n3ncn(NC(=O)c4cc(=O)c(O)c[nH]4)c3=O)C2=O)cs1. The Kier molecular flexibility index (Phi) is 8.42. The molecule has 0 bridgehead atoms. The van der Waals surface area contributed by atoms with Gasteiger partial charge in [-0.05, 0) is 0 Å². The summed E-state index contributed by atoms with van der Waals surface area (Å²) in [7, 11) is -5.09. The second kappa shape index (κ2) is 12.0. The van der Waals surface area contributed by atoms with Gasteiger partial charge in [-0.3, -0.25) is 29.5 Å². The molecule has 5 amide bonds. The second-order valence-electron chi connectivity index (χ2n) is 8.23. The van der Waals surface area contributed by atoms with E-state index in [1.54, 1.807) is 0 Å². The van der Waals surface area contributed by atoms with E-state index in [2.05, 4.69) is 30.4 Å². The van der Waals surface area contributed by atoms with Crippen molar-refractivity contribution in [3.63, 3.8) is 0 Å². The number of aromatic nitrogens is 5. The first kappa shape index (κ1) is 30.8. The summed E-state index contributed by atoms with van der Waals surface area (Å²) in [4.78, 5) is 95.6. The number of H-pyrrole nitrogens is 1. The van der Waals surface area contributed by atoms with E-state index in [0.717, 1.165) is 17.5 Å². The van der Waals surface area contributed by atoms with E-state index in [1.165, 1.54) is 10.1 Å². The number of β-lactam (4-membered cyclic amide) rings is 1. The number of aromatic hydroxyl groups is 1. The molecule has 4 rings (SSSR count). The molecule has 1 aliphatic rings. The van der Waals surface area contributed by atoms with Crippen LogP contribution in [0.25, 0.3) is 0 Å². The quantitative estimate of drug-likeness (QED) is 0.0615. The zero-order valence-corrected chi connectivity index (χ0v) is 23.0. The van der Waals surface area contributed by atoms with Crippen LogP contribution in [-0.2, 0) is 29.4 Å². The number of nitrogens with two attached hydrogens (primary N) is 1. The summed E-state index contributed by atoms with van der Waals surface area (Å²) in [5, 5.41) is 28.2. The number of oxime groups is 1. The summed E-state index contributed by atoms with van der Waals surface area (Å²) in [6.45, 7) is -1.45. The van der Waals surface area contributed by atoms with Gasteiger partial charge in [-0.25, -0.2) is 24.1 Å². The molecule has 1 saturated heterocycles. The molecule has 1 unspecified atom stereocenters. The number of likely N-dealkylation sites (tertiary alicyclic amines) is 1. The Bertz CT molecular complexity index is 1940. The van der Waals surface area contributed by atoms with Crippen molar-refractivity contribution in [2.45, 2.75) is 6.04 Å². The van der Waals surface area contributed by atoms with E-state index in [0.29, 0.717) is 22.0 Å². The van der Waals surface area contributed by atoms with Crippen LogP contribution < -0.4 is 32.3 Å². The van der Waals surface area contributed by atoms with Crippen molar-refractivity contribution in [2.75, 3.05) is 24.3 Å². The lowest BCUT2D eigenvalue weighted by Gasteiger charge is -2.36. The van der Waals surface area contributed by atoms with Crippen LogP contribution in [0.4, 0.5) is 9.93 Å². The number of aromatic amines is 1. The Morgan fingerprint density at radius 1 is 1.25 bits per heavy atom. The summed E-state index contributed by atoms with van der Waals surface area (Å²) >= 11 is 0.918. The van der Waals surface area contributed by atoms with Gasteiger partial charge in [-0.2, -0.15) is 13.1 Å². The number of pyridine rings is 1. The van der Waals surface area contributed by atoms with E-state index >= 15 is 0 Å². The molecule has 25 heteroatoms. The van der Waals surface area contributed by atoms with Gasteiger partial charge in [0.05, 0.1) is 6.54 Å². The number of imide groups is 1. The molecule has 4 heterocycles. The molecule has 0 aliphatic carbocycles. The van der Waals surface area contributed by atoms with Gasteiger partial charge in [0.25, 0.3) is 17.7 Å². The van der Waals surface area contributed by atoms with Crippen LogP contribution in [0.2, 0.25) is 0 Å². The first-order valence-electron chi connectivity index (χ1n) is 11.4. The highest BCUT2D eigenvalue weighted by molar-refractivity contribution is 7.88. The van der Waals surface area contributed by atoms with Crippen LogP contribution in [0.1, 0.15) is 16.2 Å². The number of carboxylic acid groups (broad SMARTS) is 1. The number of nitrogens with one attached hydrogen (secondary N) is 4. The lowest BCUT2D eigenvalue weighted by atomic mass is 10.1. The van der Waals surface area contributed by atoms with Crippen molar-refractivity contribution < 1.29 is 47.4 Å². The number of carboxylic acids is 1. The van der Waals surface area contributed by atoms with Crippen LogP contribution >= 0.6 is 11.3 Å². The molecule has 0 aromatic carbocycles. The van der Waals surface area contributed by atoms with Gasteiger partial charge in [-0.15, -0.1) is 16.4 Å². The van der Waals surface area contributed by atoms with E-state index < -0.39 is 87.4 Å². The molecular formula is C19H17N11O12S2. The minimum atomic E-state index is -5.09. The van der Waals surface area contributed by atoms with Crippen LogP contribution in [0, 0.1) is 0 Å². The maximum Gasteiger partial charge on any atom is 0.380 e. The molecular weight excluding hydrogens is 638 g/mol. The summed E-state index contributed by atoms with van der Waals surface area (Å²) in [6.07, 6.45) is 1.36. The fraction of sp³-hybridized carbons (Fsp3) is 0.158. The number of carbonyl (C=O) groups excluding carboxylic acids is 4. The summed E-state index contributed by atoms with van der Waals surface area (Å²) in [6, 6.07) is -2.19. The van der Waals surface area contributed by atoms with Gasteiger partial charge in [0.2, 0.25) is 12.0 Å². The predicted molar refractivity (Wildman–Crippen MR) is 142 cm³/mol. The van der Waals surface area contributed by atoms with Crippen molar-refractivity contribution in [1.29, 1.82) is 0 Å². The lowest BCUT2D eigenvalue weighted by Crippen LogP contribution is -2.68. The van der Waals surface area contributed by atoms with Gasteiger partial charge in [0.15, 0.2) is 16.6 Å². The zero-order chi connectivity index (χ0) is 32.3. The van der Waals surface area contributed by atoms with Crippen LogP contribution in [0.3, 0.4) is 0 Å². The minimum absolute atomic E-state index is 0.0301. The summed E-state index contributed by atoms with van der Waals surface area (Å²) in [5.41, 5.74) is 3.96. The van der Waals surface area contributed by atoms with Crippen molar-refractivity contribution in [3.05, 3.63) is 56.1 Å². The molecule has 0 spiro atoms. The molecule has 0 saturated carbocycles. The van der Waals surface area contributed by atoms with E-state index in [9.17, 15) is 47.1 Å². The standard InChI is InChI=1S/C19H17N11O12S2/c20-17-24-9(5-43-17)13(26-42-4-12(33)34)15(36)23-8-3-28(16(8)37)18(38)27-44(40,41)30-19(39)29(6-22-30)25-14(35)7-1-10(31)11(32)2-21-7/h1-2,5-6,8,32H,3-4H2,(H2,20,24)(H,21,31)(H,23,36)(H,25,35)(H,27,38)(H,33,34). The van der Waals surface area contributed by atoms with Crippen molar-refractivity contribution in [2.24, 2.45) is 5.16 Å². The average Bonchev–Trinajstić information content (AvgIpc) is 3.54. The number of amides is 5. The third-order valence-electron chi connectivity index (χ3n) is 5.25. The van der Waals surface area contributed by atoms with E-state index in [-0.39, 0.29) is 14.9 Å². The molecule has 23 nitrogen and oxygen atoms in total. The summed E-state index contributed by atoms with van der Waals surface area (Å²) < 4.78 is 26.7. The summed E-state index contributed by atoms with van der Waals surface area (Å²) in [5.74, 6) is -5.35. The predicted octanol–water partition coefficient (Wildman–Crippen LogP) is -4.50. The zero-order valence-electron chi connectivity index (χ0n) is 21.4. The average molecular weight is 656 g/mol. The first-order valence-corrected chi connectivity index (χ1v) is 13.7. The number of hydrogen-bond acceptors (Lipinski definition) is 16. The first-order chi connectivity index (χ1) is 20.7. The Balaban J connectivity index is 1.38. The number of urea groups is 1. The molecule has 232 valence electrons. The van der Waals surface area contributed by atoms with Crippen LogP contribution in [-0.4, -0.2) is 102 Å². The molecule has 3 aromatic heterocycles. The van der Waals surface area contributed by atoms with Crippen molar-refractivity contribution in [1.82, 2.24) is 38.8 Å². The molecule has 1 aliphatic heterocycles. The largest absolute Gasteiger partial charge is 0.503 e. The molecule has 1 atom stereocenters. The second-order valence-corrected chi connectivity index (χ2v) is 10.6. The fourth-order valence-corrected chi connectivity index (χ4v) is 4.63. The van der Waals surface area contributed by atoms with Gasteiger partial charge >= 0.3 is 27.9 Å². The number of rotatable bonds is 10. The highest BCUT2D eigenvalue weighted by Crippen LogP contribution is 2.15. The Morgan fingerprint density at radius 3 is 2.59 bits per heavy atom. The van der Waals surface area contributed by atoms with Crippen molar-refractivity contribution >= 4 is 62.1 Å². The maximum absolute atomic E-state index is 12.7. The Morgan fingerprint density at radius 2 is 1.98 bits per heavy atom. The number of hydrogen-bond donors (Lipinski definition) is 7. The third kappa shape index (κ3) is 6.51. The van der Waals surface area contributed by atoms with Gasteiger partial charge in [0.1, 0.15) is 23.8 Å². The van der Waals surface area contributed by atoms with Gasteiger partial charge in [0, 0.05) is 17.6 Å². The smallest absolute Gasteiger partial charge is 0.380 e. The number of nitrogen functional groups attached to an aromatic ring is 1. The maximum atomic E-state index is 12.7. The molecule has 44 heavy (non-hydrogen) atoms. The Labute approximate surface area is 245 Å². The fourth-order valence-electron chi connectivity index (χ4n) is 3.20. The van der Waals surface area contributed by atoms with E-state index in [1.807, 2.05) is 5.43 Å². The van der Waals surface area contributed by atoms with Crippen molar-refractivity contribution in [3.8, 4) is 5.75 Å². The highest BCUT2D eigenvalue weighted by atomic mass is 32.2. The number of thiazole rings is 1. The third-order valence-corrected chi connectivity index (χ3v) is 7.06. The topological polar surface area (TPSA) is 332 Å². The Hall–Kier alpha value is -6.11. The molecule has 3 aromatic rings. The van der Waals surface area contributed by atoms with Crippen LogP contribution in [0.5, 0.6) is 5.75 Å². The minimum Gasteiger partial charge on any atom is -0.503 e. The van der Waals surface area contributed by atoms with E-state index in [4.69, 9.17) is 10.8 Å². The number of anilines is 1. The number of nitrogens with zero attached hydrogens (tertiary/aromatic N) is 6.